The maximum absolute atomic E-state index is 14.5. The molecule has 5 rings (SSSR count). The quantitative estimate of drug-likeness (QED) is 0.384. The SMILES string of the molecule is Cc1cc2c(-c3ccc(F)cc3F)nc(C3CCOCC3)nc2nc1C.Cc1ccccn1. The molecule has 0 saturated carbocycles. The number of halogens is 2. The van der Waals surface area contributed by atoms with E-state index in [1.165, 1.54) is 12.1 Å². The van der Waals surface area contributed by atoms with E-state index in [4.69, 9.17) is 4.74 Å². The molecular formula is C26H26F2N4O. The Morgan fingerprint density at radius 3 is 2.33 bits per heavy atom. The summed E-state index contributed by atoms with van der Waals surface area (Å²) in [7, 11) is 0. The van der Waals surface area contributed by atoms with Gasteiger partial charge in [-0.3, -0.25) is 4.98 Å². The fraction of sp³-hybridized carbons (Fsp3) is 0.308. The molecule has 0 radical (unpaired) electrons. The number of benzene rings is 1. The lowest BCUT2D eigenvalue weighted by molar-refractivity contribution is 0.0836. The van der Waals surface area contributed by atoms with Gasteiger partial charge in [0.1, 0.15) is 17.5 Å². The summed E-state index contributed by atoms with van der Waals surface area (Å²) in [6, 6.07) is 11.3. The molecular weight excluding hydrogens is 422 g/mol. The molecule has 7 heteroatoms. The van der Waals surface area contributed by atoms with E-state index in [0.29, 0.717) is 35.8 Å². The molecule has 1 aliphatic heterocycles. The van der Waals surface area contributed by atoms with E-state index in [2.05, 4.69) is 19.9 Å². The Bertz CT molecular complexity index is 1260. The summed E-state index contributed by atoms with van der Waals surface area (Å²) in [6.45, 7) is 7.15. The number of fused-ring (bicyclic) bond motifs is 1. The molecule has 170 valence electrons. The Morgan fingerprint density at radius 2 is 1.70 bits per heavy atom. The Morgan fingerprint density at radius 1 is 0.909 bits per heavy atom. The largest absolute Gasteiger partial charge is 0.381 e. The van der Waals surface area contributed by atoms with Gasteiger partial charge in [-0.15, -0.1) is 0 Å². The number of hydrogen-bond donors (Lipinski definition) is 0. The first-order chi connectivity index (χ1) is 15.9. The van der Waals surface area contributed by atoms with Crippen molar-refractivity contribution in [2.45, 2.75) is 39.5 Å². The third kappa shape index (κ3) is 5.37. The summed E-state index contributed by atoms with van der Waals surface area (Å²) >= 11 is 0. The van der Waals surface area contributed by atoms with Crippen molar-refractivity contribution in [1.29, 1.82) is 0 Å². The first-order valence-electron chi connectivity index (χ1n) is 11.0. The van der Waals surface area contributed by atoms with Crippen LogP contribution in [-0.4, -0.2) is 33.1 Å². The summed E-state index contributed by atoms with van der Waals surface area (Å²) in [6.07, 6.45) is 3.43. The Labute approximate surface area is 191 Å². The zero-order chi connectivity index (χ0) is 23.4. The molecule has 0 aliphatic carbocycles. The second-order valence-corrected chi connectivity index (χ2v) is 8.17. The van der Waals surface area contributed by atoms with Crippen LogP contribution in [0.1, 0.15) is 41.5 Å². The van der Waals surface area contributed by atoms with Gasteiger partial charge in [0, 0.05) is 53.7 Å². The van der Waals surface area contributed by atoms with Crippen LogP contribution in [0.3, 0.4) is 0 Å². The molecule has 1 aliphatic rings. The molecule has 0 amide bonds. The van der Waals surface area contributed by atoms with Crippen LogP contribution in [0, 0.1) is 32.4 Å². The van der Waals surface area contributed by atoms with Crippen molar-refractivity contribution in [2.75, 3.05) is 13.2 Å². The van der Waals surface area contributed by atoms with Crippen molar-refractivity contribution in [3.8, 4) is 11.3 Å². The van der Waals surface area contributed by atoms with Gasteiger partial charge >= 0.3 is 0 Å². The molecule has 1 saturated heterocycles. The van der Waals surface area contributed by atoms with Gasteiger partial charge in [0.15, 0.2) is 5.65 Å². The minimum absolute atomic E-state index is 0.152. The number of ether oxygens (including phenoxy) is 1. The number of rotatable bonds is 2. The van der Waals surface area contributed by atoms with Gasteiger partial charge in [-0.25, -0.2) is 23.7 Å². The summed E-state index contributed by atoms with van der Waals surface area (Å²) in [5, 5.41) is 0.675. The molecule has 0 atom stereocenters. The van der Waals surface area contributed by atoms with Crippen LogP contribution < -0.4 is 0 Å². The minimum Gasteiger partial charge on any atom is -0.381 e. The highest BCUT2D eigenvalue weighted by Crippen LogP contribution is 2.32. The highest BCUT2D eigenvalue weighted by molar-refractivity contribution is 5.91. The van der Waals surface area contributed by atoms with Gasteiger partial charge in [-0.1, -0.05) is 6.07 Å². The van der Waals surface area contributed by atoms with Gasteiger partial charge in [-0.05, 0) is 69.5 Å². The first-order valence-corrected chi connectivity index (χ1v) is 11.0. The highest BCUT2D eigenvalue weighted by Gasteiger charge is 2.22. The second-order valence-electron chi connectivity index (χ2n) is 8.17. The van der Waals surface area contributed by atoms with E-state index in [-0.39, 0.29) is 11.5 Å². The number of aryl methyl sites for hydroxylation is 3. The number of hydrogen-bond acceptors (Lipinski definition) is 5. The van der Waals surface area contributed by atoms with E-state index in [0.717, 1.165) is 35.9 Å². The monoisotopic (exact) mass is 448 g/mol. The van der Waals surface area contributed by atoms with Crippen LogP contribution in [0.4, 0.5) is 8.78 Å². The number of nitrogens with zero attached hydrogens (tertiary/aromatic N) is 4. The van der Waals surface area contributed by atoms with Crippen LogP contribution in [0.5, 0.6) is 0 Å². The van der Waals surface area contributed by atoms with Crippen molar-refractivity contribution < 1.29 is 13.5 Å². The normalized spacial score (nSPS) is 14.1. The van der Waals surface area contributed by atoms with E-state index in [1.54, 1.807) is 6.20 Å². The van der Waals surface area contributed by atoms with Gasteiger partial charge in [0.05, 0.1) is 5.69 Å². The van der Waals surface area contributed by atoms with Crippen molar-refractivity contribution in [3.05, 3.63) is 83.1 Å². The molecule has 1 fully saturated rings. The summed E-state index contributed by atoms with van der Waals surface area (Å²) in [4.78, 5) is 17.9. The predicted molar refractivity (Wildman–Crippen MR) is 124 cm³/mol. The molecule has 3 aromatic heterocycles. The minimum atomic E-state index is -0.638. The zero-order valence-corrected chi connectivity index (χ0v) is 19.0. The van der Waals surface area contributed by atoms with Crippen molar-refractivity contribution in [1.82, 2.24) is 19.9 Å². The van der Waals surface area contributed by atoms with Crippen molar-refractivity contribution in [2.24, 2.45) is 0 Å². The molecule has 0 N–H and O–H groups in total. The van der Waals surface area contributed by atoms with Gasteiger partial charge in [0.25, 0.3) is 0 Å². The summed E-state index contributed by atoms with van der Waals surface area (Å²) in [5.74, 6) is -0.449. The summed E-state index contributed by atoms with van der Waals surface area (Å²) in [5.41, 5.74) is 4.19. The topological polar surface area (TPSA) is 60.8 Å². The van der Waals surface area contributed by atoms with E-state index < -0.39 is 11.6 Å². The molecule has 0 spiro atoms. The maximum atomic E-state index is 14.5. The standard InChI is InChI=1S/C20H19F2N3O.C6H7N/c1-11-9-16-18(15-4-3-14(21)10-17(15)22)24-19(13-5-7-26-8-6-13)25-20(16)23-12(11)2;1-6-4-2-3-5-7-6/h3-4,9-10,13H,5-8H2,1-2H3;2-5H,1H3. The van der Waals surface area contributed by atoms with Crippen molar-refractivity contribution in [3.63, 3.8) is 0 Å². The van der Waals surface area contributed by atoms with E-state index in [9.17, 15) is 8.78 Å². The molecule has 4 heterocycles. The number of aromatic nitrogens is 4. The highest BCUT2D eigenvalue weighted by atomic mass is 19.1. The molecule has 4 aromatic rings. The summed E-state index contributed by atoms with van der Waals surface area (Å²) < 4.78 is 33.3. The molecule has 5 nitrogen and oxygen atoms in total. The average molecular weight is 449 g/mol. The second kappa shape index (κ2) is 10.1. The number of pyridine rings is 2. The maximum Gasteiger partial charge on any atom is 0.163 e. The lowest BCUT2D eigenvalue weighted by Crippen LogP contribution is -2.17. The van der Waals surface area contributed by atoms with Crippen molar-refractivity contribution >= 4 is 11.0 Å². The third-order valence-electron chi connectivity index (χ3n) is 5.73. The van der Waals surface area contributed by atoms with Crippen LogP contribution in [-0.2, 0) is 4.74 Å². The smallest absolute Gasteiger partial charge is 0.163 e. The van der Waals surface area contributed by atoms with Crippen LogP contribution in [0.15, 0.2) is 48.7 Å². The zero-order valence-electron chi connectivity index (χ0n) is 19.0. The third-order valence-corrected chi connectivity index (χ3v) is 5.73. The first kappa shape index (κ1) is 22.9. The van der Waals surface area contributed by atoms with E-state index >= 15 is 0 Å². The Balaban J connectivity index is 0.000000318. The van der Waals surface area contributed by atoms with Crippen LogP contribution in [0.25, 0.3) is 22.3 Å². The molecule has 0 unspecified atom stereocenters. The molecule has 1 aromatic carbocycles. The van der Waals surface area contributed by atoms with Crippen LogP contribution in [0.2, 0.25) is 0 Å². The van der Waals surface area contributed by atoms with Gasteiger partial charge in [-0.2, -0.15) is 0 Å². The van der Waals surface area contributed by atoms with Gasteiger partial charge in [0.2, 0.25) is 0 Å². The van der Waals surface area contributed by atoms with Gasteiger partial charge < -0.3 is 4.74 Å². The molecule has 0 bridgehead atoms. The van der Waals surface area contributed by atoms with E-state index in [1.807, 2.05) is 45.0 Å². The fourth-order valence-corrected chi connectivity index (χ4v) is 3.73. The predicted octanol–water partition coefficient (Wildman–Crippen LogP) is 5.87. The Kier molecular flexibility index (Phi) is 6.99. The molecule has 33 heavy (non-hydrogen) atoms. The van der Waals surface area contributed by atoms with Crippen LogP contribution >= 0.6 is 0 Å². The fourth-order valence-electron chi connectivity index (χ4n) is 3.73. The lowest BCUT2D eigenvalue weighted by Gasteiger charge is -2.21. The lowest BCUT2D eigenvalue weighted by atomic mass is 9.98. The Hall–Kier alpha value is -3.32. The average Bonchev–Trinajstić information content (AvgIpc) is 2.81.